The molecule has 100 valence electrons. The fourth-order valence-electron chi connectivity index (χ4n) is 2.54. The van der Waals surface area contributed by atoms with Gasteiger partial charge in [-0.25, -0.2) is 4.98 Å². The molecule has 1 fully saturated rings. The average molecular weight is 249 g/mol. The van der Waals surface area contributed by atoms with Gasteiger partial charge in [0.1, 0.15) is 0 Å². The summed E-state index contributed by atoms with van der Waals surface area (Å²) in [6, 6.07) is 3.91. The molecule has 4 nitrogen and oxygen atoms in total. The van der Waals surface area contributed by atoms with E-state index in [4.69, 9.17) is 10.5 Å². The van der Waals surface area contributed by atoms with Crippen LogP contribution in [0.1, 0.15) is 20.3 Å². The van der Waals surface area contributed by atoms with E-state index >= 15 is 0 Å². The van der Waals surface area contributed by atoms with Crippen LogP contribution in [0.25, 0.3) is 0 Å². The van der Waals surface area contributed by atoms with Crippen molar-refractivity contribution < 1.29 is 4.74 Å². The maximum atomic E-state index is 5.85. The first-order valence-electron chi connectivity index (χ1n) is 6.79. The molecule has 0 radical (unpaired) electrons. The standard InChI is InChI=1S/C14H23N3O/c1-3-18-13-5-4-7-16-14(13)17-8-6-11(2)12(9-15)10-17/h4-5,7,11-12H,3,6,8-10,15H2,1-2H3. The summed E-state index contributed by atoms with van der Waals surface area (Å²) < 4.78 is 5.65. The summed E-state index contributed by atoms with van der Waals surface area (Å²) in [5.41, 5.74) is 5.85. The van der Waals surface area contributed by atoms with E-state index < -0.39 is 0 Å². The van der Waals surface area contributed by atoms with Crippen molar-refractivity contribution in [3.05, 3.63) is 18.3 Å². The number of hydrogen-bond donors (Lipinski definition) is 1. The molecular formula is C14H23N3O. The summed E-state index contributed by atoms with van der Waals surface area (Å²) in [6.45, 7) is 7.72. The molecule has 4 heteroatoms. The van der Waals surface area contributed by atoms with Crippen LogP contribution in [0, 0.1) is 11.8 Å². The largest absolute Gasteiger partial charge is 0.490 e. The van der Waals surface area contributed by atoms with Crippen molar-refractivity contribution in [3.8, 4) is 5.75 Å². The monoisotopic (exact) mass is 249 g/mol. The molecule has 2 heterocycles. The van der Waals surface area contributed by atoms with Gasteiger partial charge in [-0.2, -0.15) is 0 Å². The van der Waals surface area contributed by atoms with Crippen molar-refractivity contribution in [2.75, 3.05) is 31.1 Å². The Hall–Kier alpha value is -1.29. The predicted octanol–water partition coefficient (Wildman–Crippen LogP) is 1.90. The lowest BCUT2D eigenvalue weighted by Crippen LogP contribution is -2.43. The van der Waals surface area contributed by atoms with Crippen LogP contribution < -0.4 is 15.4 Å². The van der Waals surface area contributed by atoms with Gasteiger partial charge in [-0.05, 0) is 43.9 Å². The minimum absolute atomic E-state index is 0.551. The Morgan fingerprint density at radius 2 is 2.39 bits per heavy atom. The van der Waals surface area contributed by atoms with Gasteiger partial charge in [0.25, 0.3) is 0 Å². The molecular weight excluding hydrogens is 226 g/mol. The fraction of sp³-hybridized carbons (Fsp3) is 0.643. The molecule has 1 aromatic rings. The lowest BCUT2D eigenvalue weighted by atomic mass is 9.87. The van der Waals surface area contributed by atoms with Crippen molar-refractivity contribution in [1.82, 2.24) is 4.98 Å². The summed E-state index contributed by atoms with van der Waals surface area (Å²) in [6.07, 6.45) is 3.00. The van der Waals surface area contributed by atoms with Gasteiger partial charge in [0, 0.05) is 19.3 Å². The third-order valence-corrected chi connectivity index (χ3v) is 3.77. The number of ether oxygens (including phenoxy) is 1. The van der Waals surface area contributed by atoms with Crippen molar-refractivity contribution in [2.24, 2.45) is 17.6 Å². The molecule has 0 amide bonds. The molecule has 2 atom stereocenters. The topological polar surface area (TPSA) is 51.4 Å². The Morgan fingerprint density at radius 1 is 1.56 bits per heavy atom. The fourth-order valence-corrected chi connectivity index (χ4v) is 2.54. The number of nitrogens with zero attached hydrogens (tertiary/aromatic N) is 2. The second-order valence-corrected chi connectivity index (χ2v) is 4.97. The Bertz CT molecular complexity index is 383. The first kappa shape index (κ1) is 13.1. The smallest absolute Gasteiger partial charge is 0.171 e. The molecule has 0 spiro atoms. The van der Waals surface area contributed by atoms with E-state index in [1.165, 1.54) is 6.42 Å². The van der Waals surface area contributed by atoms with Crippen LogP contribution in [-0.2, 0) is 0 Å². The van der Waals surface area contributed by atoms with Crippen LogP contribution in [-0.4, -0.2) is 31.2 Å². The number of aromatic nitrogens is 1. The van der Waals surface area contributed by atoms with E-state index in [0.29, 0.717) is 18.4 Å². The highest BCUT2D eigenvalue weighted by Gasteiger charge is 2.27. The molecule has 1 aliphatic heterocycles. The number of anilines is 1. The van der Waals surface area contributed by atoms with Crippen molar-refractivity contribution in [1.29, 1.82) is 0 Å². The van der Waals surface area contributed by atoms with E-state index in [9.17, 15) is 0 Å². The van der Waals surface area contributed by atoms with E-state index in [1.54, 1.807) is 0 Å². The van der Waals surface area contributed by atoms with Crippen LogP contribution in [0.3, 0.4) is 0 Å². The zero-order chi connectivity index (χ0) is 13.0. The molecule has 2 unspecified atom stereocenters. The van der Waals surface area contributed by atoms with E-state index in [1.807, 2.05) is 25.3 Å². The molecule has 1 saturated heterocycles. The summed E-state index contributed by atoms with van der Waals surface area (Å²) >= 11 is 0. The van der Waals surface area contributed by atoms with E-state index in [-0.39, 0.29) is 0 Å². The molecule has 0 saturated carbocycles. The Labute approximate surface area is 109 Å². The highest BCUT2D eigenvalue weighted by Crippen LogP contribution is 2.31. The van der Waals surface area contributed by atoms with E-state index in [0.717, 1.165) is 31.2 Å². The average Bonchev–Trinajstić information content (AvgIpc) is 2.40. The lowest BCUT2D eigenvalue weighted by Gasteiger charge is -2.37. The second kappa shape index (κ2) is 6.05. The van der Waals surface area contributed by atoms with Gasteiger partial charge in [0.2, 0.25) is 0 Å². The SMILES string of the molecule is CCOc1cccnc1N1CCC(C)C(CN)C1. The highest BCUT2D eigenvalue weighted by molar-refractivity contribution is 5.52. The minimum atomic E-state index is 0.551. The second-order valence-electron chi connectivity index (χ2n) is 4.97. The molecule has 1 aromatic heterocycles. The zero-order valence-corrected chi connectivity index (χ0v) is 11.3. The Kier molecular flexibility index (Phi) is 4.42. The van der Waals surface area contributed by atoms with Crippen molar-refractivity contribution in [2.45, 2.75) is 20.3 Å². The number of piperidine rings is 1. The van der Waals surface area contributed by atoms with Crippen LogP contribution in [0.5, 0.6) is 5.75 Å². The van der Waals surface area contributed by atoms with Crippen LogP contribution in [0.2, 0.25) is 0 Å². The van der Waals surface area contributed by atoms with Gasteiger partial charge in [0.15, 0.2) is 11.6 Å². The summed E-state index contributed by atoms with van der Waals surface area (Å²) in [4.78, 5) is 6.78. The van der Waals surface area contributed by atoms with Crippen LogP contribution >= 0.6 is 0 Å². The molecule has 18 heavy (non-hydrogen) atoms. The summed E-state index contributed by atoms with van der Waals surface area (Å²) in [5, 5.41) is 0. The van der Waals surface area contributed by atoms with Gasteiger partial charge in [0.05, 0.1) is 6.61 Å². The number of pyridine rings is 1. The predicted molar refractivity (Wildman–Crippen MR) is 73.9 cm³/mol. The lowest BCUT2D eigenvalue weighted by molar-refractivity contribution is 0.300. The highest BCUT2D eigenvalue weighted by atomic mass is 16.5. The number of nitrogens with two attached hydrogens (primary N) is 1. The molecule has 2 N–H and O–H groups in total. The quantitative estimate of drug-likeness (QED) is 0.885. The van der Waals surface area contributed by atoms with Crippen molar-refractivity contribution >= 4 is 5.82 Å². The van der Waals surface area contributed by atoms with Crippen LogP contribution in [0.15, 0.2) is 18.3 Å². The molecule has 1 aliphatic rings. The van der Waals surface area contributed by atoms with Crippen molar-refractivity contribution in [3.63, 3.8) is 0 Å². The van der Waals surface area contributed by atoms with Gasteiger partial charge in [-0.1, -0.05) is 6.92 Å². The molecule has 0 aromatic carbocycles. The number of rotatable bonds is 4. The van der Waals surface area contributed by atoms with E-state index in [2.05, 4.69) is 16.8 Å². The minimum Gasteiger partial charge on any atom is -0.490 e. The molecule has 0 bridgehead atoms. The maximum Gasteiger partial charge on any atom is 0.171 e. The zero-order valence-electron chi connectivity index (χ0n) is 11.3. The maximum absolute atomic E-state index is 5.85. The first-order valence-corrected chi connectivity index (χ1v) is 6.79. The third-order valence-electron chi connectivity index (χ3n) is 3.77. The first-order chi connectivity index (χ1) is 8.76. The van der Waals surface area contributed by atoms with Gasteiger partial charge >= 0.3 is 0 Å². The normalized spacial score (nSPS) is 24.1. The number of hydrogen-bond acceptors (Lipinski definition) is 4. The molecule has 0 aliphatic carbocycles. The Balaban J connectivity index is 2.16. The van der Waals surface area contributed by atoms with Crippen LogP contribution in [0.4, 0.5) is 5.82 Å². The van der Waals surface area contributed by atoms with Gasteiger partial charge in [-0.15, -0.1) is 0 Å². The van der Waals surface area contributed by atoms with Gasteiger partial charge in [-0.3, -0.25) is 0 Å². The summed E-state index contributed by atoms with van der Waals surface area (Å²) in [7, 11) is 0. The third kappa shape index (κ3) is 2.75. The summed E-state index contributed by atoms with van der Waals surface area (Å²) in [5.74, 6) is 3.09. The van der Waals surface area contributed by atoms with Gasteiger partial charge < -0.3 is 15.4 Å². The Morgan fingerprint density at radius 3 is 3.11 bits per heavy atom. The molecule has 2 rings (SSSR count).